The highest BCUT2D eigenvalue weighted by Crippen LogP contribution is 2.11. The number of quaternary nitrogens is 1. The fourth-order valence-electron chi connectivity index (χ4n) is 1.51. The van der Waals surface area contributed by atoms with Gasteiger partial charge in [0.05, 0.1) is 16.6 Å². The molecule has 0 saturated carbocycles. The van der Waals surface area contributed by atoms with Crippen LogP contribution in [0.5, 0.6) is 0 Å². The summed E-state index contributed by atoms with van der Waals surface area (Å²) >= 11 is 0. The topological polar surface area (TPSA) is 68.1 Å². The zero-order chi connectivity index (χ0) is 13.6. The number of nitrogens with two attached hydrogens (primary N) is 1. The standard InChI is InChI=1S/C12H20N3O2S/c1-15(2)12-6-4-11(5-7-12)10-13-8-9-14-18(3,16)17/h4-7,13H,8-10H2,1-3H3/q-1/p+1. The minimum absolute atomic E-state index is 0.342. The average molecular weight is 271 g/mol. The summed E-state index contributed by atoms with van der Waals surface area (Å²) in [5, 5.41) is 2.05. The van der Waals surface area contributed by atoms with Crippen LogP contribution in [0, 0.1) is 0 Å². The molecule has 18 heavy (non-hydrogen) atoms. The Morgan fingerprint density at radius 2 is 1.83 bits per heavy atom. The second-order valence-electron chi connectivity index (χ2n) is 4.43. The van der Waals surface area contributed by atoms with Crippen molar-refractivity contribution < 1.29 is 13.7 Å². The summed E-state index contributed by atoms with van der Waals surface area (Å²) in [7, 11) is 0.831. The summed E-state index contributed by atoms with van der Waals surface area (Å²) in [6.07, 6.45) is 1.12. The second kappa shape index (κ2) is 6.72. The first kappa shape index (κ1) is 14.9. The summed E-state index contributed by atoms with van der Waals surface area (Å²) in [5.74, 6) is 0. The van der Waals surface area contributed by atoms with Gasteiger partial charge in [-0.05, 0) is 12.1 Å². The van der Waals surface area contributed by atoms with Crippen LogP contribution in [0.4, 0.5) is 5.69 Å². The average Bonchev–Trinajstić information content (AvgIpc) is 2.27. The van der Waals surface area contributed by atoms with Crippen LogP contribution in [0.25, 0.3) is 4.72 Å². The minimum Gasteiger partial charge on any atom is -0.545 e. The van der Waals surface area contributed by atoms with Crippen molar-refractivity contribution in [3.63, 3.8) is 0 Å². The maximum absolute atomic E-state index is 10.8. The SMILES string of the molecule is CN(C)c1ccc(C[NH2+]CC[N-]S(C)(=O)=O)cc1. The van der Waals surface area contributed by atoms with Gasteiger partial charge in [-0.1, -0.05) is 18.7 Å². The molecule has 102 valence electrons. The predicted octanol–water partition coefficient (Wildman–Crippen LogP) is 0.149. The molecular weight excluding hydrogens is 250 g/mol. The van der Waals surface area contributed by atoms with Crippen molar-refractivity contribution in [3.05, 3.63) is 34.6 Å². The molecule has 0 atom stereocenters. The lowest BCUT2D eigenvalue weighted by molar-refractivity contribution is -0.667. The number of nitrogens with zero attached hydrogens (tertiary/aromatic N) is 2. The molecule has 0 amide bonds. The van der Waals surface area contributed by atoms with E-state index in [1.165, 1.54) is 11.3 Å². The minimum atomic E-state index is -3.18. The van der Waals surface area contributed by atoms with E-state index in [4.69, 9.17) is 0 Å². The zero-order valence-corrected chi connectivity index (χ0v) is 11.9. The van der Waals surface area contributed by atoms with E-state index in [-0.39, 0.29) is 0 Å². The monoisotopic (exact) mass is 271 g/mol. The van der Waals surface area contributed by atoms with Crippen molar-refractivity contribution in [1.29, 1.82) is 0 Å². The Hall–Kier alpha value is -1.11. The lowest BCUT2D eigenvalue weighted by atomic mass is 10.2. The van der Waals surface area contributed by atoms with Gasteiger partial charge in [-0.15, -0.1) is 0 Å². The smallest absolute Gasteiger partial charge is 0.101 e. The number of rotatable bonds is 7. The molecule has 0 unspecified atom stereocenters. The molecule has 0 radical (unpaired) electrons. The molecule has 0 aromatic heterocycles. The van der Waals surface area contributed by atoms with E-state index in [1.54, 1.807) is 0 Å². The normalized spacial score (nSPS) is 11.5. The summed E-state index contributed by atoms with van der Waals surface area (Å²) in [4.78, 5) is 2.05. The molecule has 5 nitrogen and oxygen atoms in total. The van der Waals surface area contributed by atoms with Gasteiger partial charge in [-0.3, -0.25) is 0 Å². The molecule has 6 heteroatoms. The number of anilines is 1. The van der Waals surface area contributed by atoms with Gasteiger partial charge in [0.25, 0.3) is 0 Å². The van der Waals surface area contributed by atoms with Crippen molar-refractivity contribution >= 4 is 15.7 Å². The van der Waals surface area contributed by atoms with Crippen LogP contribution >= 0.6 is 0 Å². The Kier molecular flexibility index (Phi) is 5.58. The largest absolute Gasteiger partial charge is 0.545 e. The fourth-order valence-corrected chi connectivity index (χ4v) is 1.95. The number of sulfonamides is 1. The van der Waals surface area contributed by atoms with E-state index in [0.717, 1.165) is 12.8 Å². The highest BCUT2D eigenvalue weighted by atomic mass is 32.2. The molecule has 0 bridgehead atoms. The summed E-state index contributed by atoms with van der Waals surface area (Å²) in [6.45, 7) is 1.87. The maximum atomic E-state index is 10.8. The van der Waals surface area contributed by atoms with Gasteiger partial charge in [0.1, 0.15) is 6.54 Å². The number of hydrogen-bond acceptors (Lipinski definition) is 3. The van der Waals surface area contributed by atoms with Crippen molar-refractivity contribution in [1.82, 2.24) is 0 Å². The van der Waals surface area contributed by atoms with E-state index >= 15 is 0 Å². The Balaban J connectivity index is 2.27. The molecule has 0 aliphatic rings. The van der Waals surface area contributed by atoms with Crippen LogP contribution < -0.4 is 10.2 Å². The highest BCUT2D eigenvalue weighted by molar-refractivity contribution is 7.93. The Bertz CT molecular complexity index is 455. The van der Waals surface area contributed by atoms with Gasteiger partial charge in [0.15, 0.2) is 0 Å². The first-order valence-corrected chi connectivity index (χ1v) is 7.70. The van der Waals surface area contributed by atoms with Crippen molar-refractivity contribution in [2.45, 2.75) is 6.54 Å². The molecule has 0 spiro atoms. The van der Waals surface area contributed by atoms with Crippen LogP contribution in [0.15, 0.2) is 24.3 Å². The van der Waals surface area contributed by atoms with Crippen LogP contribution in [0.2, 0.25) is 0 Å². The molecular formula is C12H21N3O2S. The van der Waals surface area contributed by atoms with E-state index in [2.05, 4.69) is 39.2 Å². The van der Waals surface area contributed by atoms with Crippen molar-refractivity contribution in [3.8, 4) is 0 Å². The number of benzene rings is 1. The number of hydrogen-bond donors (Lipinski definition) is 1. The first-order valence-electron chi connectivity index (χ1n) is 5.85. The first-order chi connectivity index (χ1) is 8.38. The van der Waals surface area contributed by atoms with E-state index in [0.29, 0.717) is 13.1 Å². The third-order valence-corrected chi connectivity index (χ3v) is 3.14. The third-order valence-electron chi connectivity index (χ3n) is 2.49. The Labute approximate surface area is 109 Å². The van der Waals surface area contributed by atoms with Gasteiger partial charge in [0.2, 0.25) is 0 Å². The summed E-state index contributed by atoms with van der Waals surface area (Å²) in [6, 6.07) is 8.31. The van der Waals surface area contributed by atoms with Crippen molar-refractivity contribution in [2.75, 3.05) is 38.3 Å². The summed E-state index contributed by atoms with van der Waals surface area (Å²) < 4.78 is 25.1. The lowest BCUT2D eigenvalue weighted by Crippen LogP contribution is -2.83. The molecule has 0 saturated heterocycles. The van der Waals surface area contributed by atoms with E-state index < -0.39 is 10.0 Å². The molecule has 0 fully saturated rings. The second-order valence-corrected chi connectivity index (χ2v) is 6.15. The van der Waals surface area contributed by atoms with Gasteiger partial charge in [-0.2, -0.15) is 0 Å². The van der Waals surface area contributed by atoms with Crippen LogP contribution in [-0.2, 0) is 16.6 Å². The maximum Gasteiger partial charge on any atom is 0.101 e. The third kappa shape index (κ3) is 6.00. The van der Waals surface area contributed by atoms with E-state index in [1.807, 2.05) is 14.1 Å². The molecule has 0 aliphatic carbocycles. The Morgan fingerprint density at radius 3 is 2.33 bits per heavy atom. The highest BCUT2D eigenvalue weighted by Gasteiger charge is 1.97. The molecule has 1 aromatic rings. The summed E-state index contributed by atoms with van der Waals surface area (Å²) in [5.41, 5.74) is 2.39. The molecule has 1 rings (SSSR count). The molecule has 1 aromatic carbocycles. The van der Waals surface area contributed by atoms with Crippen molar-refractivity contribution in [2.24, 2.45) is 0 Å². The molecule has 0 aliphatic heterocycles. The molecule has 2 N–H and O–H groups in total. The van der Waals surface area contributed by atoms with Gasteiger partial charge in [0, 0.05) is 31.6 Å². The van der Waals surface area contributed by atoms with Gasteiger partial charge in [-0.25, -0.2) is 8.42 Å². The zero-order valence-electron chi connectivity index (χ0n) is 11.1. The van der Waals surface area contributed by atoms with Crippen LogP contribution in [0.1, 0.15) is 5.56 Å². The Morgan fingerprint density at radius 1 is 1.22 bits per heavy atom. The molecule has 0 heterocycles. The van der Waals surface area contributed by atoms with Crippen LogP contribution in [0.3, 0.4) is 0 Å². The lowest BCUT2D eigenvalue weighted by Gasteiger charge is -2.15. The van der Waals surface area contributed by atoms with Gasteiger partial charge < -0.3 is 14.9 Å². The quantitative estimate of drug-likeness (QED) is 0.718. The van der Waals surface area contributed by atoms with E-state index in [9.17, 15) is 8.42 Å². The fraction of sp³-hybridized carbons (Fsp3) is 0.500. The van der Waals surface area contributed by atoms with Gasteiger partial charge >= 0.3 is 0 Å². The van der Waals surface area contributed by atoms with Crippen LogP contribution in [-0.4, -0.2) is 41.9 Å². The predicted molar refractivity (Wildman–Crippen MR) is 74.3 cm³/mol.